The van der Waals surface area contributed by atoms with Gasteiger partial charge >= 0.3 is 0 Å². The fourth-order valence-corrected chi connectivity index (χ4v) is 1.59. The quantitative estimate of drug-likeness (QED) is 0.764. The van der Waals surface area contributed by atoms with Gasteiger partial charge in [0, 0.05) is 7.11 Å². The molecule has 5 nitrogen and oxygen atoms in total. The number of ether oxygens (including phenoxy) is 3. The van der Waals surface area contributed by atoms with Crippen molar-refractivity contribution in [2.75, 3.05) is 27.9 Å². The lowest BCUT2D eigenvalue weighted by Crippen LogP contribution is -2.16. The van der Waals surface area contributed by atoms with E-state index in [1.165, 1.54) is 21.3 Å². The highest BCUT2D eigenvalue weighted by Gasteiger charge is 2.21. The molecule has 1 aromatic carbocycles. The first kappa shape index (κ1) is 14.0. The molecule has 0 amide bonds. The van der Waals surface area contributed by atoms with Gasteiger partial charge < -0.3 is 14.2 Å². The van der Waals surface area contributed by atoms with Crippen LogP contribution in [0.4, 0.5) is 0 Å². The Hall–Kier alpha value is -2.06. The molecule has 1 atom stereocenters. The van der Waals surface area contributed by atoms with Crippen molar-refractivity contribution in [3.05, 3.63) is 23.8 Å². The van der Waals surface area contributed by atoms with Crippen molar-refractivity contribution in [2.45, 2.75) is 5.92 Å². The van der Waals surface area contributed by atoms with Crippen LogP contribution in [-0.4, -0.2) is 33.7 Å². The monoisotopic (exact) mass is 249 g/mol. The number of carbonyl (C=O) groups excluding carboxylic acids is 1. The minimum Gasteiger partial charge on any atom is -0.493 e. The molecular formula is C13H15NO4. The minimum absolute atomic E-state index is 0.0907. The molecule has 0 saturated carbocycles. The molecule has 0 aliphatic carbocycles. The van der Waals surface area contributed by atoms with Gasteiger partial charge in [0.25, 0.3) is 0 Å². The van der Waals surface area contributed by atoms with E-state index >= 15 is 0 Å². The predicted molar refractivity (Wildman–Crippen MR) is 64.8 cm³/mol. The van der Waals surface area contributed by atoms with Crippen molar-refractivity contribution in [3.8, 4) is 17.6 Å². The molecule has 5 heteroatoms. The molecule has 1 unspecified atom stereocenters. The smallest absolute Gasteiger partial charge is 0.179 e. The van der Waals surface area contributed by atoms with Gasteiger partial charge in [-0.05, 0) is 17.7 Å². The molecule has 0 aliphatic rings. The van der Waals surface area contributed by atoms with E-state index in [1.807, 2.05) is 6.07 Å². The average molecular weight is 249 g/mol. The standard InChI is InChI=1S/C13H15NO4/c1-16-8-11(15)10(7-14)9-4-5-12(17-2)13(6-9)18-3/h4-6,10H,8H2,1-3H3. The molecule has 0 aliphatic heterocycles. The zero-order valence-electron chi connectivity index (χ0n) is 10.6. The van der Waals surface area contributed by atoms with E-state index in [1.54, 1.807) is 18.2 Å². The first-order chi connectivity index (χ1) is 8.67. The highest BCUT2D eigenvalue weighted by molar-refractivity contribution is 5.89. The van der Waals surface area contributed by atoms with Crippen molar-refractivity contribution < 1.29 is 19.0 Å². The van der Waals surface area contributed by atoms with Gasteiger partial charge in [0.1, 0.15) is 12.5 Å². The summed E-state index contributed by atoms with van der Waals surface area (Å²) >= 11 is 0. The zero-order chi connectivity index (χ0) is 13.5. The number of benzene rings is 1. The lowest BCUT2D eigenvalue weighted by atomic mass is 9.96. The maximum absolute atomic E-state index is 11.7. The fraction of sp³-hybridized carbons (Fsp3) is 0.385. The molecule has 0 aromatic heterocycles. The summed E-state index contributed by atoms with van der Waals surface area (Å²) in [6.45, 7) is -0.0907. The largest absolute Gasteiger partial charge is 0.493 e. The van der Waals surface area contributed by atoms with Crippen LogP contribution in [0.15, 0.2) is 18.2 Å². The van der Waals surface area contributed by atoms with Crippen LogP contribution in [0.5, 0.6) is 11.5 Å². The molecule has 96 valence electrons. The van der Waals surface area contributed by atoms with E-state index in [4.69, 9.17) is 19.5 Å². The molecule has 1 aromatic rings. The normalized spacial score (nSPS) is 11.4. The topological polar surface area (TPSA) is 68.6 Å². The second-order valence-electron chi connectivity index (χ2n) is 3.58. The van der Waals surface area contributed by atoms with Crippen molar-refractivity contribution in [2.24, 2.45) is 0 Å². The van der Waals surface area contributed by atoms with Gasteiger partial charge in [-0.3, -0.25) is 4.79 Å². The van der Waals surface area contributed by atoms with Gasteiger partial charge in [0.05, 0.1) is 20.3 Å². The first-order valence-electron chi connectivity index (χ1n) is 5.31. The van der Waals surface area contributed by atoms with Gasteiger partial charge in [-0.1, -0.05) is 6.07 Å². The average Bonchev–Trinajstić information content (AvgIpc) is 2.39. The fourth-order valence-electron chi connectivity index (χ4n) is 1.59. The summed E-state index contributed by atoms with van der Waals surface area (Å²) < 4.78 is 15.0. The SMILES string of the molecule is COCC(=O)C(C#N)c1ccc(OC)c(OC)c1. The maximum atomic E-state index is 11.7. The number of methoxy groups -OCH3 is 3. The Labute approximate surface area is 106 Å². The van der Waals surface area contributed by atoms with E-state index in [9.17, 15) is 4.79 Å². The molecule has 0 radical (unpaired) electrons. The minimum atomic E-state index is -0.857. The maximum Gasteiger partial charge on any atom is 0.179 e. The van der Waals surface area contributed by atoms with Crippen molar-refractivity contribution in [3.63, 3.8) is 0 Å². The third kappa shape index (κ3) is 2.99. The lowest BCUT2D eigenvalue weighted by Gasteiger charge is -2.12. The molecular weight excluding hydrogens is 234 g/mol. The van der Waals surface area contributed by atoms with Gasteiger partial charge in [-0.2, -0.15) is 5.26 Å². The summed E-state index contributed by atoms with van der Waals surface area (Å²) in [6.07, 6.45) is 0. The summed E-state index contributed by atoms with van der Waals surface area (Å²) in [6, 6.07) is 6.93. The molecule has 18 heavy (non-hydrogen) atoms. The summed E-state index contributed by atoms with van der Waals surface area (Å²) in [5.41, 5.74) is 0.567. The third-order valence-electron chi connectivity index (χ3n) is 2.48. The van der Waals surface area contributed by atoms with Crippen LogP contribution in [0, 0.1) is 11.3 Å². The zero-order valence-corrected chi connectivity index (χ0v) is 10.6. The summed E-state index contributed by atoms with van der Waals surface area (Å²) in [4.78, 5) is 11.7. The molecule has 0 saturated heterocycles. The Bertz CT molecular complexity index is 465. The van der Waals surface area contributed by atoms with E-state index in [2.05, 4.69) is 0 Å². The van der Waals surface area contributed by atoms with Crippen LogP contribution in [0.2, 0.25) is 0 Å². The second kappa shape index (κ2) is 6.62. The van der Waals surface area contributed by atoms with Crippen LogP contribution in [0.1, 0.15) is 11.5 Å². The van der Waals surface area contributed by atoms with E-state index < -0.39 is 5.92 Å². The first-order valence-corrected chi connectivity index (χ1v) is 5.31. The van der Waals surface area contributed by atoms with Gasteiger partial charge in [-0.25, -0.2) is 0 Å². The number of hydrogen-bond donors (Lipinski definition) is 0. The van der Waals surface area contributed by atoms with E-state index in [0.29, 0.717) is 17.1 Å². The third-order valence-corrected chi connectivity index (χ3v) is 2.48. The number of carbonyl (C=O) groups is 1. The highest BCUT2D eigenvalue weighted by Crippen LogP contribution is 2.30. The number of ketones is 1. The van der Waals surface area contributed by atoms with Gasteiger partial charge in [0.15, 0.2) is 17.3 Å². The summed E-state index contributed by atoms with van der Waals surface area (Å²) in [5, 5.41) is 9.07. The molecule has 1 rings (SSSR count). The molecule has 0 bridgehead atoms. The predicted octanol–water partition coefficient (Wildman–Crippen LogP) is 1.53. The van der Waals surface area contributed by atoms with E-state index in [0.717, 1.165) is 0 Å². The Morgan fingerprint density at radius 2 is 1.94 bits per heavy atom. The van der Waals surface area contributed by atoms with E-state index in [-0.39, 0.29) is 12.4 Å². The number of Topliss-reactive ketones (excluding diaryl/α,β-unsaturated/α-hetero) is 1. The van der Waals surface area contributed by atoms with Crippen molar-refractivity contribution >= 4 is 5.78 Å². The summed E-state index contributed by atoms with van der Waals surface area (Å²) in [7, 11) is 4.44. The molecule has 0 heterocycles. The Balaban J connectivity index is 3.08. The van der Waals surface area contributed by atoms with Crippen LogP contribution in [0.25, 0.3) is 0 Å². The summed E-state index contributed by atoms with van der Waals surface area (Å²) in [5.74, 6) is -0.102. The Morgan fingerprint density at radius 3 is 2.44 bits per heavy atom. The van der Waals surface area contributed by atoms with Gasteiger partial charge in [-0.15, -0.1) is 0 Å². The lowest BCUT2D eigenvalue weighted by molar-refractivity contribution is -0.122. The molecule has 0 spiro atoms. The highest BCUT2D eigenvalue weighted by atomic mass is 16.5. The molecule has 0 fully saturated rings. The van der Waals surface area contributed by atoms with Crippen LogP contribution >= 0.6 is 0 Å². The molecule has 0 N–H and O–H groups in total. The van der Waals surface area contributed by atoms with Gasteiger partial charge in [0.2, 0.25) is 0 Å². The van der Waals surface area contributed by atoms with Crippen molar-refractivity contribution in [1.29, 1.82) is 5.26 Å². The van der Waals surface area contributed by atoms with Crippen LogP contribution < -0.4 is 9.47 Å². The van der Waals surface area contributed by atoms with Crippen LogP contribution in [-0.2, 0) is 9.53 Å². The Morgan fingerprint density at radius 1 is 1.28 bits per heavy atom. The second-order valence-corrected chi connectivity index (χ2v) is 3.58. The Kier molecular flexibility index (Phi) is 5.15. The number of hydrogen-bond acceptors (Lipinski definition) is 5. The number of nitriles is 1. The number of nitrogens with zero attached hydrogens (tertiary/aromatic N) is 1. The number of rotatable bonds is 6. The van der Waals surface area contributed by atoms with Crippen LogP contribution in [0.3, 0.4) is 0 Å². The van der Waals surface area contributed by atoms with Crippen molar-refractivity contribution in [1.82, 2.24) is 0 Å².